The van der Waals surface area contributed by atoms with Gasteiger partial charge in [-0.3, -0.25) is 0 Å². The molecule has 3 nitrogen and oxygen atoms in total. The van der Waals surface area contributed by atoms with Crippen molar-refractivity contribution < 1.29 is 23.0 Å². The largest absolute Gasteiger partial charge is 0.458 e. The van der Waals surface area contributed by atoms with Gasteiger partial charge in [-0.05, 0) is 60.6 Å². The van der Waals surface area contributed by atoms with Crippen molar-refractivity contribution in [1.82, 2.24) is 0 Å². The van der Waals surface area contributed by atoms with Crippen molar-refractivity contribution in [3.63, 3.8) is 0 Å². The number of anilines is 1. The molecule has 0 aliphatic heterocycles. The maximum atomic E-state index is 13.3. The van der Waals surface area contributed by atoms with Crippen molar-refractivity contribution in [3.8, 4) is 5.75 Å². The minimum Gasteiger partial charge on any atom is -0.458 e. The highest BCUT2D eigenvalue weighted by Gasteiger charge is 2.40. The Morgan fingerprint density at radius 3 is 2.71 bits per heavy atom. The molecule has 1 aromatic carbocycles. The van der Waals surface area contributed by atoms with E-state index in [-0.39, 0.29) is 0 Å². The fourth-order valence-electron chi connectivity index (χ4n) is 4.20. The monoisotopic (exact) mass is 487 g/mol. The molecule has 0 fully saturated rings. The zero-order valence-corrected chi connectivity index (χ0v) is 19.8. The molecule has 0 spiro atoms. The Labute approximate surface area is 202 Å². The first-order valence-corrected chi connectivity index (χ1v) is 12.2. The number of allylic oxidation sites excluding steroid dienone is 6. The lowest BCUT2D eigenvalue weighted by molar-refractivity contribution is -0.200. The minimum atomic E-state index is -4.70. The van der Waals surface area contributed by atoms with Gasteiger partial charge in [0.15, 0.2) is 6.10 Å². The van der Waals surface area contributed by atoms with E-state index in [1.165, 1.54) is 0 Å². The van der Waals surface area contributed by atoms with Crippen LogP contribution < -0.4 is 9.64 Å². The van der Waals surface area contributed by atoms with Crippen LogP contribution in [-0.2, 0) is 0 Å². The van der Waals surface area contributed by atoms with Gasteiger partial charge >= 0.3 is 6.18 Å². The molecule has 1 heterocycles. The molecule has 0 bridgehead atoms. The van der Waals surface area contributed by atoms with Crippen LogP contribution in [-0.4, -0.2) is 30.5 Å². The van der Waals surface area contributed by atoms with Crippen molar-refractivity contribution >= 4 is 22.6 Å². The summed E-state index contributed by atoms with van der Waals surface area (Å²) >= 11 is 1.63. The minimum absolute atomic E-state index is 0.311. The van der Waals surface area contributed by atoms with Gasteiger partial charge in [0, 0.05) is 28.6 Å². The maximum Gasteiger partial charge on any atom is 0.416 e. The molecule has 2 aliphatic rings. The maximum absolute atomic E-state index is 13.3. The van der Waals surface area contributed by atoms with Gasteiger partial charge in [-0.1, -0.05) is 43.4 Å². The van der Waals surface area contributed by atoms with Crippen molar-refractivity contribution in [2.24, 2.45) is 5.41 Å². The van der Waals surface area contributed by atoms with E-state index in [0.717, 1.165) is 29.1 Å². The van der Waals surface area contributed by atoms with Crippen LogP contribution in [0.4, 0.5) is 18.9 Å². The SMILES string of the molecule is CC1(CN(CC(O)C(F)(F)F)c2cccc(OC3=CCCC=C3)c2)C=C(c2cccs2)C=CC1. The molecule has 1 aromatic heterocycles. The molecule has 0 radical (unpaired) electrons. The van der Waals surface area contributed by atoms with Crippen LogP contribution in [0.5, 0.6) is 5.75 Å². The van der Waals surface area contributed by atoms with Gasteiger partial charge in [0.25, 0.3) is 0 Å². The van der Waals surface area contributed by atoms with E-state index in [1.807, 2.05) is 42.7 Å². The Bertz CT molecular complexity index is 1100. The summed E-state index contributed by atoms with van der Waals surface area (Å²) in [6, 6.07) is 11.1. The van der Waals surface area contributed by atoms with Gasteiger partial charge in [-0.2, -0.15) is 13.2 Å². The molecule has 0 saturated carbocycles. The molecule has 2 aliphatic carbocycles. The van der Waals surface area contributed by atoms with E-state index in [1.54, 1.807) is 40.5 Å². The standard InChI is InChI=1S/C27H28F3NO2S/c1-26(14-6-8-20(17-26)24-13-7-15-34-24)19-31(18-25(32)27(28,29)30)21-9-5-12-23(16-21)33-22-10-3-2-4-11-22/h3,5-13,15-17,25,32H,2,4,14,18-19H2,1H3. The van der Waals surface area contributed by atoms with Gasteiger partial charge in [0.1, 0.15) is 11.5 Å². The quantitative estimate of drug-likeness (QED) is 0.430. The number of rotatable bonds is 8. The molecule has 2 aromatic rings. The fourth-order valence-corrected chi connectivity index (χ4v) is 4.92. The summed E-state index contributed by atoms with van der Waals surface area (Å²) < 4.78 is 45.8. The predicted molar refractivity (Wildman–Crippen MR) is 132 cm³/mol. The number of thiophene rings is 1. The highest BCUT2D eigenvalue weighted by Crippen LogP contribution is 2.38. The predicted octanol–water partition coefficient (Wildman–Crippen LogP) is 7.14. The summed E-state index contributed by atoms with van der Waals surface area (Å²) in [6.07, 6.45) is 7.55. The van der Waals surface area contributed by atoms with Crippen molar-refractivity contribution in [1.29, 1.82) is 0 Å². The number of nitrogens with zero attached hydrogens (tertiary/aromatic N) is 1. The molecule has 2 atom stereocenters. The van der Waals surface area contributed by atoms with E-state index in [0.29, 0.717) is 24.4 Å². The third kappa shape index (κ3) is 6.21. The Morgan fingerprint density at radius 2 is 2.00 bits per heavy atom. The molecule has 4 rings (SSSR count). The number of alkyl halides is 3. The van der Waals surface area contributed by atoms with Gasteiger partial charge < -0.3 is 14.7 Å². The van der Waals surface area contributed by atoms with Crippen molar-refractivity contribution in [2.75, 3.05) is 18.0 Å². The second-order valence-corrected chi connectivity index (χ2v) is 9.91. The molecular weight excluding hydrogens is 459 g/mol. The lowest BCUT2D eigenvalue weighted by Crippen LogP contribution is -2.45. The Morgan fingerprint density at radius 1 is 1.15 bits per heavy atom. The summed E-state index contributed by atoms with van der Waals surface area (Å²) in [5.41, 5.74) is 1.22. The van der Waals surface area contributed by atoms with E-state index >= 15 is 0 Å². The van der Waals surface area contributed by atoms with E-state index in [2.05, 4.69) is 18.2 Å². The lowest BCUT2D eigenvalue weighted by Gasteiger charge is -2.37. The Kier molecular flexibility index (Phi) is 7.33. The smallest absolute Gasteiger partial charge is 0.416 e. The van der Waals surface area contributed by atoms with Crippen LogP contribution in [0.25, 0.3) is 5.57 Å². The second kappa shape index (κ2) is 10.2. The number of ether oxygens (including phenoxy) is 1. The molecule has 0 saturated heterocycles. The number of benzene rings is 1. The second-order valence-electron chi connectivity index (χ2n) is 8.96. The summed E-state index contributed by atoms with van der Waals surface area (Å²) in [6.45, 7) is 1.79. The van der Waals surface area contributed by atoms with Gasteiger partial charge in [-0.25, -0.2) is 0 Å². The van der Waals surface area contributed by atoms with Crippen molar-refractivity contribution in [2.45, 2.75) is 38.5 Å². The van der Waals surface area contributed by atoms with E-state index < -0.39 is 24.2 Å². The molecule has 180 valence electrons. The van der Waals surface area contributed by atoms with Crippen LogP contribution in [0.15, 0.2) is 84.0 Å². The topological polar surface area (TPSA) is 32.7 Å². The molecule has 0 amide bonds. The molecule has 2 unspecified atom stereocenters. The highest BCUT2D eigenvalue weighted by atomic mass is 32.1. The zero-order valence-electron chi connectivity index (χ0n) is 19.0. The average molecular weight is 488 g/mol. The van der Waals surface area contributed by atoms with Crippen LogP contribution in [0, 0.1) is 5.41 Å². The first-order chi connectivity index (χ1) is 16.2. The third-order valence-electron chi connectivity index (χ3n) is 5.89. The fraction of sp³-hybridized carbons (Fsp3) is 0.333. The Balaban J connectivity index is 1.61. The molecule has 34 heavy (non-hydrogen) atoms. The van der Waals surface area contributed by atoms with Gasteiger partial charge in [0.05, 0.1) is 6.54 Å². The molecular formula is C27H28F3NO2S. The summed E-state index contributed by atoms with van der Waals surface area (Å²) in [7, 11) is 0. The molecule has 7 heteroatoms. The number of aliphatic hydroxyl groups is 1. The van der Waals surface area contributed by atoms with Crippen molar-refractivity contribution in [3.05, 3.63) is 88.9 Å². The van der Waals surface area contributed by atoms with E-state index in [4.69, 9.17) is 4.74 Å². The average Bonchev–Trinajstić information content (AvgIpc) is 3.34. The van der Waals surface area contributed by atoms with Crippen LogP contribution in [0.2, 0.25) is 0 Å². The van der Waals surface area contributed by atoms with Gasteiger partial charge in [0.2, 0.25) is 0 Å². The summed E-state index contributed by atoms with van der Waals surface area (Å²) in [5, 5.41) is 11.9. The first-order valence-electron chi connectivity index (χ1n) is 11.3. The third-order valence-corrected chi connectivity index (χ3v) is 6.81. The summed E-state index contributed by atoms with van der Waals surface area (Å²) in [5.74, 6) is 1.27. The normalized spacial score (nSPS) is 21.1. The van der Waals surface area contributed by atoms with Crippen LogP contribution in [0.1, 0.15) is 31.1 Å². The number of aliphatic hydroxyl groups excluding tert-OH is 1. The Hall–Kier alpha value is -2.77. The molecule has 1 N–H and O–H groups in total. The first kappa shape index (κ1) is 24.4. The summed E-state index contributed by atoms with van der Waals surface area (Å²) in [4.78, 5) is 2.73. The van der Waals surface area contributed by atoms with Crippen LogP contribution >= 0.6 is 11.3 Å². The lowest BCUT2D eigenvalue weighted by atomic mass is 9.80. The zero-order chi connectivity index (χ0) is 24.2. The van der Waals surface area contributed by atoms with E-state index in [9.17, 15) is 18.3 Å². The number of halogens is 3. The van der Waals surface area contributed by atoms with Gasteiger partial charge in [-0.15, -0.1) is 11.3 Å². The number of hydrogen-bond acceptors (Lipinski definition) is 4. The highest BCUT2D eigenvalue weighted by molar-refractivity contribution is 7.11. The number of hydrogen-bond donors (Lipinski definition) is 1. The van der Waals surface area contributed by atoms with Crippen LogP contribution in [0.3, 0.4) is 0 Å².